The standard InChI is InChI=1S/C18H28N4O5S/c1-11-6-14(21-27-11)20-16(24)12(2)28-10-15(23)19-7-13-8-22(9-13)17(25)26-18(3,4)5/h6,12-13H,7-10H2,1-5H3,(H,19,23)(H,20,21,24)/t12-/m1/s1. The van der Waals surface area contributed by atoms with Crippen LogP contribution in [0.15, 0.2) is 10.6 Å². The van der Waals surface area contributed by atoms with Crippen molar-refractivity contribution in [3.63, 3.8) is 0 Å². The first-order chi connectivity index (χ1) is 13.0. The van der Waals surface area contributed by atoms with Gasteiger partial charge in [-0.05, 0) is 34.6 Å². The molecule has 0 aliphatic carbocycles. The quantitative estimate of drug-likeness (QED) is 0.704. The lowest BCUT2D eigenvalue weighted by molar-refractivity contribution is -0.119. The molecule has 0 radical (unpaired) electrons. The van der Waals surface area contributed by atoms with Crippen LogP contribution < -0.4 is 10.6 Å². The zero-order valence-electron chi connectivity index (χ0n) is 16.9. The molecule has 1 saturated heterocycles. The highest BCUT2D eigenvalue weighted by Gasteiger charge is 2.33. The number of rotatable bonds is 7. The van der Waals surface area contributed by atoms with Gasteiger partial charge in [0.1, 0.15) is 11.4 Å². The summed E-state index contributed by atoms with van der Waals surface area (Å²) in [4.78, 5) is 37.5. The van der Waals surface area contributed by atoms with Crippen LogP contribution in [0.3, 0.4) is 0 Å². The van der Waals surface area contributed by atoms with Crippen LogP contribution in [0.2, 0.25) is 0 Å². The fraction of sp³-hybridized carbons (Fsp3) is 0.667. The number of aryl methyl sites for hydroxylation is 1. The van der Waals surface area contributed by atoms with Gasteiger partial charge in [-0.2, -0.15) is 0 Å². The van der Waals surface area contributed by atoms with Crippen molar-refractivity contribution in [1.29, 1.82) is 0 Å². The van der Waals surface area contributed by atoms with Gasteiger partial charge in [-0.1, -0.05) is 5.16 Å². The molecule has 0 spiro atoms. The van der Waals surface area contributed by atoms with E-state index in [1.54, 1.807) is 24.8 Å². The number of ether oxygens (including phenoxy) is 1. The van der Waals surface area contributed by atoms with E-state index >= 15 is 0 Å². The van der Waals surface area contributed by atoms with E-state index in [9.17, 15) is 14.4 Å². The minimum atomic E-state index is -0.511. The Bertz CT molecular complexity index is 709. The summed E-state index contributed by atoms with van der Waals surface area (Å²) in [6.07, 6.45) is -0.326. The Kier molecular flexibility index (Phi) is 7.34. The van der Waals surface area contributed by atoms with Crippen molar-refractivity contribution in [2.24, 2.45) is 5.92 Å². The number of thioether (sulfide) groups is 1. The number of nitrogens with one attached hydrogen (secondary N) is 2. The number of carbonyl (C=O) groups excluding carboxylic acids is 3. The van der Waals surface area contributed by atoms with Crippen LogP contribution in [0, 0.1) is 12.8 Å². The van der Waals surface area contributed by atoms with Crippen molar-refractivity contribution >= 4 is 35.5 Å². The zero-order valence-corrected chi connectivity index (χ0v) is 17.7. The number of hydrogen-bond donors (Lipinski definition) is 2. The van der Waals surface area contributed by atoms with E-state index in [-0.39, 0.29) is 29.6 Å². The predicted octanol–water partition coefficient (Wildman–Crippen LogP) is 2.03. The van der Waals surface area contributed by atoms with E-state index < -0.39 is 10.9 Å². The van der Waals surface area contributed by atoms with E-state index in [0.29, 0.717) is 31.2 Å². The average molecular weight is 413 g/mol. The topological polar surface area (TPSA) is 114 Å². The van der Waals surface area contributed by atoms with Gasteiger partial charge in [-0.3, -0.25) is 9.59 Å². The number of carbonyl (C=O) groups is 3. The first-order valence-electron chi connectivity index (χ1n) is 9.14. The van der Waals surface area contributed by atoms with Gasteiger partial charge in [0.2, 0.25) is 11.8 Å². The van der Waals surface area contributed by atoms with E-state index in [0.717, 1.165) is 0 Å². The van der Waals surface area contributed by atoms with Crippen molar-refractivity contribution in [2.45, 2.75) is 45.5 Å². The second-order valence-electron chi connectivity index (χ2n) is 7.82. The van der Waals surface area contributed by atoms with Gasteiger partial charge in [0, 0.05) is 31.6 Å². The summed E-state index contributed by atoms with van der Waals surface area (Å²) in [5.41, 5.74) is -0.511. The molecule has 1 aromatic rings. The molecule has 1 fully saturated rings. The van der Waals surface area contributed by atoms with E-state index in [4.69, 9.17) is 9.26 Å². The lowest BCUT2D eigenvalue weighted by atomic mass is 10.0. The van der Waals surface area contributed by atoms with Gasteiger partial charge in [0.05, 0.1) is 11.0 Å². The molecule has 156 valence electrons. The van der Waals surface area contributed by atoms with Crippen LogP contribution in [0.25, 0.3) is 0 Å². The second-order valence-corrected chi connectivity index (χ2v) is 9.15. The number of nitrogens with zero attached hydrogens (tertiary/aromatic N) is 2. The molecule has 0 unspecified atom stereocenters. The molecule has 0 aromatic carbocycles. The van der Waals surface area contributed by atoms with Gasteiger partial charge in [0.15, 0.2) is 5.82 Å². The summed E-state index contributed by atoms with van der Waals surface area (Å²) in [7, 11) is 0. The summed E-state index contributed by atoms with van der Waals surface area (Å²) in [5.74, 6) is 0.984. The number of likely N-dealkylation sites (tertiary alicyclic amines) is 1. The monoisotopic (exact) mass is 412 g/mol. The van der Waals surface area contributed by atoms with Crippen LogP contribution >= 0.6 is 11.8 Å². The van der Waals surface area contributed by atoms with Crippen molar-refractivity contribution in [3.05, 3.63) is 11.8 Å². The molecule has 3 amide bonds. The third kappa shape index (κ3) is 7.06. The van der Waals surface area contributed by atoms with Crippen molar-refractivity contribution in [2.75, 3.05) is 30.7 Å². The molecule has 9 nitrogen and oxygen atoms in total. The molecular weight excluding hydrogens is 384 g/mol. The predicted molar refractivity (Wildman–Crippen MR) is 106 cm³/mol. The van der Waals surface area contributed by atoms with Crippen LogP contribution in [0.4, 0.5) is 10.6 Å². The molecule has 2 heterocycles. The van der Waals surface area contributed by atoms with Crippen LogP contribution in [0.5, 0.6) is 0 Å². The first-order valence-corrected chi connectivity index (χ1v) is 10.2. The highest BCUT2D eigenvalue weighted by Crippen LogP contribution is 2.19. The SMILES string of the molecule is Cc1cc(NC(=O)[C@@H](C)SCC(=O)NCC2CN(C(=O)OC(C)(C)C)C2)no1. The van der Waals surface area contributed by atoms with Gasteiger partial charge in [0.25, 0.3) is 0 Å². The Morgan fingerprint density at radius 1 is 1.39 bits per heavy atom. The molecule has 1 aromatic heterocycles. The Morgan fingerprint density at radius 3 is 2.64 bits per heavy atom. The van der Waals surface area contributed by atoms with Crippen molar-refractivity contribution in [3.8, 4) is 0 Å². The highest BCUT2D eigenvalue weighted by molar-refractivity contribution is 8.01. The summed E-state index contributed by atoms with van der Waals surface area (Å²) >= 11 is 1.24. The molecule has 0 saturated carbocycles. The zero-order chi connectivity index (χ0) is 20.9. The van der Waals surface area contributed by atoms with Gasteiger partial charge in [-0.25, -0.2) is 4.79 Å². The smallest absolute Gasteiger partial charge is 0.410 e. The Balaban J connectivity index is 1.59. The number of amides is 3. The maximum atomic E-state index is 12.1. The molecule has 28 heavy (non-hydrogen) atoms. The van der Waals surface area contributed by atoms with Gasteiger partial charge in [-0.15, -0.1) is 11.8 Å². The maximum absolute atomic E-state index is 12.1. The Morgan fingerprint density at radius 2 is 2.07 bits per heavy atom. The largest absolute Gasteiger partial charge is 0.444 e. The van der Waals surface area contributed by atoms with E-state index in [1.807, 2.05) is 20.8 Å². The molecular formula is C18H28N4O5S. The fourth-order valence-electron chi connectivity index (χ4n) is 2.41. The summed E-state index contributed by atoms with van der Waals surface area (Å²) in [5, 5.41) is 8.78. The maximum Gasteiger partial charge on any atom is 0.410 e. The van der Waals surface area contributed by atoms with Gasteiger partial charge < -0.3 is 24.8 Å². The van der Waals surface area contributed by atoms with Crippen LogP contribution in [-0.2, 0) is 14.3 Å². The minimum absolute atomic E-state index is 0.141. The minimum Gasteiger partial charge on any atom is -0.444 e. The van der Waals surface area contributed by atoms with Crippen molar-refractivity contribution in [1.82, 2.24) is 15.4 Å². The summed E-state index contributed by atoms with van der Waals surface area (Å²) in [6.45, 7) is 10.6. The van der Waals surface area contributed by atoms with E-state index in [1.165, 1.54) is 11.8 Å². The molecule has 1 atom stereocenters. The summed E-state index contributed by atoms with van der Waals surface area (Å²) < 4.78 is 10.2. The molecule has 2 rings (SSSR count). The summed E-state index contributed by atoms with van der Waals surface area (Å²) in [6, 6.07) is 1.63. The van der Waals surface area contributed by atoms with Crippen LogP contribution in [0.1, 0.15) is 33.5 Å². The van der Waals surface area contributed by atoms with Gasteiger partial charge >= 0.3 is 6.09 Å². The Hall–Kier alpha value is -2.23. The van der Waals surface area contributed by atoms with E-state index in [2.05, 4.69) is 15.8 Å². The van der Waals surface area contributed by atoms with Crippen LogP contribution in [-0.4, -0.2) is 64.2 Å². The molecule has 1 aliphatic heterocycles. The molecule has 2 N–H and O–H groups in total. The highest BCUT2D eigenvalue weighted by atomic mass is 32.2. The fourth-order valence-corrected chi connectivity index (χ4v) is 3.13. The normalized spacial score (nSPS) is 15.5. The molecule has 10 heteroatoms. The average Bonchev–Trinajstić information content (AvgIpc) is 2.94. The first kappa shape index (κ1) is 22.1. The Labute approximate surface area is 168 Å². The molecule has 1 aliphatic rings. The number of anilines is 1. The third-order valence-corrected chi connectivity index (χ3v) is 5.05. The number of aromatic nitrogens is 1. The second kappa shape index (κ2) is 9.31. The number of hydrogen-bond acceptors (Lipinski definition) is 7. The molecule has 0 bridgehead atoms. The third-order valence-electron chi connectivity index (χ3n) is 3.91. The lowest BCUT2D eigenvalue weighted by Gasteiger charge is -2.39. The lowest BCUT2D eigenvalue weighted by Crippen LogP contribution is -2.55. The van der Waals surface area contributed by atoms with Crippen molar-refractivity contribution < 1.29 is 23.6 Å².